The minimum Gasteiger partial charge on any atom is -0.397 e. The van der Waals surface area contributed by atoms with E-state index in [2.05, 4.69) is 0 Å². The molecule has 1 fully saturated rings. The van der Waals surface area contributed by atoms with Crippen LogP contribution in [0.25, 0.3) is 0 Å². The van der Waals surface area contributed by atoms with E-state index in [1.54, 1.807) is 18.2 Å². The van der Waals surface area contributed by atoms with Gasteiger partial charge in [0.15, 0.2) is 0 Å². The number of nitriles is 1. The number of benzene rings is 1. The van der Waals surface area contributed by atoms with Crippen LogP contribution in [-0.4, -0.2) is 43.8 Å². The maximum Gasteiger partial charge on any atom is 0.401 e. The summed E-state index contributed by atoms with van der Waals surface area (Å²) >= 11 is 0. The molecular weight excluding hydrogens is 269 g/mol. The van der Waals surface area contributed by atoms with Crippen LogP contribution in [0.3, 0.4) is 0 Å². The molecule has 2 rings (SSSR count). The topological polar surface area (TPSA) is 56.3 Å². The lowest BCUT2D eigenvalue weighted by Crippen LogP contribution is -2.49. The van der Waals surface area contributed by atoms with Crippen LogP contribution in [0, 0.1) is 11.3 Å². The highest BCUT2D eigenvalue weighted by Crippen LogP contribution is 2.26. The minimum atomic E-state index is -4.16. The average Bonchev–Trinajstić information content (AvgIpc) is 2.39. The molecule has 0 saturated carbocycles. The summed E-state index contributed by atoms with van der Waals surface area (Å²) in [5.41, 5.74) is 7.61. The van der Waals surface area contributed by atoms with Gasteiger partial charge in [0.1, 0.15) is 0 Å². The lowest BCUT2D eigenvalue weighted by atomic mass is 10.1. The summed E-state index contributed by atoms with van der Waals surface area (Å²) in [4.78, 5) is 3.30. The summed E-state index contributed by atoms with van der Waals surface area (Å²) < 4.78 is 36.9. The van der Waals surface area contributed by atoms with Crippen LogP contribution >= 0.6 is 0 Å². The number of nitrogens with two attached hydrogens (primary N) is 1. The Hall–Kier alpha value is -1.94. The van der Waals surface area contributed by atoms with Crippen LogP contribution in [0.4, 0.5) is 24.5 Å². The third kappa shape index (κ3) is 3.54. The van der Waals surface area contributed by atoms with Gasteiger partial charge < -0.3 is 10.6 Å². The van der Waals surface area contributed by atoms with Crippen LogP contribution in [0.5, 0.6) is 0 Å². The van der Waals surface area contributed by atoms with Gasteiger partial charge >= 0.3 is 6.18 Å². The number of nitrogens with zero attached hydrogens (tertiary/aromatic N) is 3. The molecule has 108 valence electrons. The normalized spacial score (nSPS) is 17.0. The van der Waals surface area contributed by atoms with Gasteiger partial charge in [-0.05, 0) is 18.2 Å². The van der Waals surface area contributed by atoms with E-state index in [9.17, 15) is 13.2 Å². The third-order valence-corrected chi connectivity index (χ3v) is 3.28. The van der Waals surface area contributed by atoms with Gasteiger partial charge in [0.2, 0.25) is 0 Å². The number of alkyl halides is 3. The number of rotatable bonds is 2. The van der Waals surface area contributed by atoms with E-state index in [4.69, 9.17) is 11.0 Å². The molecule has 1 aliphatic rings. The average molecular weight is 284 g/mol. The van der Waals surface area contributed by atoms with Crippen molar-refractivity contribution in [1.82, 2.24) is 4.90 Å². The van der Waals surface area contributed by atoms with Crippen molar-refractivity contribution in [2.45, 2.75) is 6.18 Å². The quantitative estimate of drug-likeness (QED) is 0.842. The first kappa shape index (κ1) is 14.5. The highest BCUT2D eigenvalue weighted by molar-refractivity contribution is 5.69. The first-order valence-corrected chi connectivity index (χ1v) is 6.23. The highest BCUT2D eigenvalue weighted by Gasteiger charge is 2.32. The Bertz CT molecular complexity index is 513. The summed E-state index contributed by atoms with van der Waals surface area (Å²) in [6.07, 6.45) is -4.16. The van der Waals surface area contributed by atoms with Crippen molar-refractivity contribution in [2.24, 2.45) is 0 Å². The molecule has 1 aliphatic heterocycles. The molecule has 0 radical (unpaired) electrons. The molecule has 1 aromatic rings. The molecule has 20 heavy (non-hydrogen) atoms. The maximum absolute atomic E-state index is 12.3. The first-order valence-electron chi connectivity index (χ1n) is 6.23. The zero-order chi connectivity index (χ0) is 14.8. The van der Waals surface area contributed by atoms with E-state index in [1.807, 2.05) is 11.0 Å². The Morgan fingerprint density at radius 1 is 1.20 bits per heavy atom. The summed E-state index contributed by atoms with van der Waals surface area (Å²) in [6, 6.07) is 6.98. The molecule has 0 aromatic heterocycles. The molecular formula is C13H15F3N4. The van der Waals surface area contributed by atoms with Crippen molar-refractivity contribution in [2.75, 3.05) is 43.4 Å². The molecule has 4 nitrogen and oxygen atoms in total. The molecule has 1 saturated heterocycles. The fraction of sp³-hybridized carbons (Fsp3) is 0.462. The van der Waals surface area contributed by atoms with Crippen molar-refractivity contribution >= 4 is 11.4 Å². The summed E-state index contributed by atoms with van der Waals surface area (Å²) in [5, 5.41) is 8.88. The molecule has 0 bridgehead atoms. The van der Waals surface area contributed by atoms with Gasteiger partial charge in [-0.1, -0.05) is 0 Å². The number of halogens is 3. The number of piperazine rings is 1. The minimum absolute atomic E-state index is 0.329. The van der Waals surface area contributed by atoms with Crippen LogP contribution < -0.4 is 10.6 Å². The van der Waals surface area contributed by atoms with Crippen molar-refractivity contribution in [3.05, 3.63) is 23.8 Å². The van der Waals surface area contributed by atoms with Gasteiger partial charge in [0.05, 0.1) is 29.6 Å². The smallest absolute Gasteiger partial charge is 0.397 e. The number of anilines is 2. The van der Waals surface area contributed by atoms with Crippen LogP contribution in [0.15, 0.2) is 18.2 Å². The second-order valence-electron chi connectivity index (χ2n) is 4.76. The highest BCUT2D eigenvalue weighted by atomic mass is 19.4. The van der Waals surface area contributed by atoms with Gasteiger partial charge in [-0.3, -0.25) is 4.90 Å². The van der Waals surface area contributed by atoms with E-state index >= 15 is 0 Å². The predicted octanol–water partition coefficient (Wildman–Crippen LogP) is 1.82. The fourth-order valence-electron chi connectivity index (χ4n) is 2.29. The van der Waals surface area contributed by atoms with E-state index in [0.29, 0.717) is 37.4 Å². The lowest BCUT2D eigenvalue weighted by Gasteiger charge is -2.36. The summed E-state index contributed by atoms with van der Waals surface area (Å²) in [7, 11) is 0. The molecule has 0 aliphatic carbocycles. The molecule has 0 atom stereocenters. The molecule has 1 aromatic carbocycles. The Kier molecular flexibility index (Phi) is 4.04. The van der Waals surface area contributed by atoms with Gasteiger partial charge in [0, 0.05) is 26.2 Å². The van der Waals surface area contributed by atoms with Crippen LogP contribution in [-0.2, 0) is 0 Å². The van der Waals surface area contributed by atoms with Gasteiger partial charge in [-0.25, -0.2) is 0 Å². The maximum atomic E-state index is 12.3. The third-order valence-electron chi connectivity index (χ3n) is 3.28. The predicted molar refractivity (Wildman–Crippen MR) is 70.3 cm³/mol. The van der Waals surface area contributed by atoms with Gasteiger partial charge in [0.25, 0.3) is 0 Å². The molecule has 0 amide bonds. The second-order valence-corrected chi connectivity index (χ2v) is 4.76. The number of nitrogen functional groups attached to an aromatic ring is 1. The molecule has 2 N–H and O–H groups in total. The Balaban J connectivity index is 2.02. The molecule has 0 unspecified atom stereocenters. The zero-order valence-corrected chi connectivity index (χ0v) is 10.8. The Morgan fingerprint density at radius 2 is 1.85 bits per heavy atom. The molecule has 7 heteroatoms. The van der Waals surface area contributed by atoms with Crippen molar-refractivity contribution in [3.8, 4) is 6.07 Å². The second kappa shape index (κ2) is 5.59. The Labute approximate surface area is 115 Å². The lowest BCUT2D eigenvalue weighted by molar-refractivity contribution is -0.146. The van der Waals surface area contributed by atoms with E-state index in [0.717, 1.165) is 5.69 Å². The van der Waals surface area contributed by atoms with Crippen molar-refractivity contribution in [1.29, 1.82) is 5.26 Å². The van der Waals surface area contributed by atoms with Crippen molar-refractivity contribution in [3.63, 3.8) is 0 Å². The summed E-state index contributed by atoms with van der Waals surface area (Å²) in [5.74, 6) is 0. The molecule has 1 heterocycles. The monoisotopic (exact) mass is 284 g/mol. The SMILES string of the molecule is N#Cc1ccc(N)c(N2CCN(CC(F)(F)F)CC2)c1. The van der Waals surface area contributed by atoms with Crippen molar-refractivity contribution < 1.29 is 13.2 Å². The van der Waals surface area contributed by atoms with E-state index in [1.165, 1.54) is 4.90 Å². The fourth-order valence-corrected chi connectivity index (χ4v) is 2.29. The number of hydrogen-bond donors (Lipinski definition) is 1. The zero-order valence-electron chi connectivity index (χ0n) is 10.8. The first-order chi connectivity index (χ1) is 9.39. The van der Waals surface area contributed by atoms with Crippen LogP contribution in [0.2, 0.25) is 0 Å². The number of hydrogen-bond acceptors (Lipinski definition) is 4. The largest absolute Gasteiger partial charge is 0.401 e. The summed E-state index contributed by atoms with van der Waals surface area (Å²) in [6.45, 7) is 0.713. The Morgan fingerprint density at radius 3 is 2.40 bits per heavy atom. The standard InChI is InChI=1S/C13H15F3N4/c14-13(15,16)9-19-3-5-20(6-4-19)12-7-10(8-17)1-2-11(12)18/h1-2,7H,3-6,9,18H2. The van der Waals surface area contributed by atoms with E-state index < -0.39 is 12.7 Å². The van der Waals surface area contributed by atoms with Crippen LogP contribution in [0.1, 0.15) is 5.56 Å². The van der Waals surface area contributed by atoms with Gasteiger partial charge in [-0.2, -0.15) is 18.4 Å². The molecule has 0 spiro atoms. The van der Waals surface area contributed by atoms with E-state index in [-0.39, 0.29) is 0 Å². The van der Waals surface area contributed by atoms with Gasteiger partial charge in [-0.15, -0.1) is 0 Å².